The van der Waals surface area contributed by atoms with Crippen LogP contribution in [0.3, 0.4) is 0 Å². The van der Waals surface area contributed by atoms with Crippen LogP contribution in [0, 0.1) is 0 Å². The summed E-state index contributed by atoms with van der Waals surface area (Å²) >= 11 is 5.87. The molecule has 1 aliphatic heterocycles. The fourth-order valence-electron chi connectivity index (χ4n) is 3.34. The fourth-order valence-corrected chi connectivity index (χ4v) is 3.46. The van der Waals surface area contributed by atoms with Gasteiger partial charge in [0.2, 0.25) is 0 Å². The number of amides is 1. The smallest absolute Gasteiger partial charge is 0.417 e. The Morgan fingerprint density at radius 2 is 1.80 bits per heavy atom. The minimum Gasteiger partial charge on any atom is -0.437 e. The Morgan fingerprint density at radius 3 is 2.40 bits per heavy atom. The van der Waals surface area contributed by atoms with E-state index in [0.717, 1.165) is 19.3 Å². The topological polar surface area (TPSA) is 49.8 Å². The molecule has 0 unspecified atom stereocenters. The number of aliphatic hydroxyl groups is 1. The van der Waals surface area contributed by atoms with Crippen LogP contribution >= 0.6 is 11.6 Å². The van der Waals surface area contributed by atoms with Crippen molar-refractivity contribution in [2.24, 2.45) is 0 Å². The zero-order chi connectivity index (χ0) is 14.4. The lowest BCUT2D eigenvalue weighted by Gasteiger charge is -2.42. The number of hydrogen-bond donors (Lipinski definition) is 1. The van der Waals surface area contributed by atoms with E-state index in [1.165, 1.54) is 4.90 Å². The minimum atomic E-state index is -1.33. The monoisotopic (exact) mass is 295 g/mol. The van der Waals surface area contributed by atoms with Crippen molar-refractivity contribution in [2.45, 2.75) is 50.4 Å². The average Bonchev–Trinajstić information content (AvgIpc) is 2.59. The molecule has 1 N–H and O–H groups in total. The molecule has 1 spiro atoms. The first kappa shape index (κ1) is 13.7. The summed E-state index contributed by atoms with van der Waals surface area (Å²) in [5.74, 6) is 0. The van der Waals surface area contributed by atoms with E-state index in [-0.39, 0.29) is 0 Å². The standard InChI is InChI=1S/C15H18ClNO3/c1-14(19)15(9-3-2-4-10-15)20-13(18)17(14)12-7-5-11(16)6-8-12/h5-8,19H,2-4,9-10H2,1H3/t14-/m0/s1. The number of carbonyl (C=O) groups is 1. The molecule has 1 aromatic carbocycles. The van der Waals surface area contributed by atoms with Crippen molar-refractivity contribution >= 4 is 23.4 Å². The van der Waals surface area contributed by atoms with Crippen LogP contribution in [0.4, 0.5) is 10.5 Å². The van der Waals surface area contributed by atoms with Crippen LogP contribution in [0.1, 0.15) is 39.0 Å². The number of hydrogen-bond acceptors (Lipinski definition) is 3. The molecule has 2 fully saturated rings. The van der Waals surface area contributed by atoms with Gasteiger partial charge in [0.15, 0.2) is 11.3 Å². The normalized spacial score (nSPS) is 28.8. The Hall–Kier alpha value is -1.26. The lowest BCUT2D eigenvalue weighted by Crippen LogP contribution is -2.57. The molecule has 0 radical (unpaired) electrons. The van der Waals surface area contributed by atoms with Crippen molar-refractivity contribution in [1.29, 1.82) is 0 Å². The predicted octanol–water partition coefficient (Wildman–Crippen LogP) is 3.71. The number of rotatable bonds is 1. The summed E-state index contributed by atoms with van der Waals surface area (Å²) in [7, 11) is 0. The summed E-state index contributed by atoms with van der Waals surface area (Å²) in [5.41, 5.74) is -1.52. The summed E-state index contributed by atoms with van der Waals surface area (Å²) in [4.78, 5) is 13.6. The van der Waals surface area contributed by atoms with Gasteiger partial charge in [-0.1, -0.05) is 18.0 Å². The number of ether oxygens (including phenoxy) is 1. The molecule has 1 atom stereocenters. The maximum atomic E-state index is 12.3. The van der Waals surface area contributed by atoms with E-state index in [1.54, 1.807) is 31.2 Å². The summed E-state index contributed by atoms with van der Waals surface area (Å²) in [6, 6.07) is 6.85. The third-order valence-corrected chi connectivity index (χ3v) is 4.76. The Kier molecular flexibility index (Phi) is 3.18. The molecular weight excluding hydrogens is 278 g/mol. The third kappa shape index (κ3) is 1.90. The van der Waals surface area contributed by atoms with Crippen LogP contribution in [0.15, 0.2) is 24.3 Å². The highest BCUT2D eigenvalue weighted by Gasteiger charge is 2.62. The summed E-state index contributed by atoms with van der Waals surface area (Å²) in [6.07, 6.45) is 3.98. The number of nitrogens with zero attached hydrogens (tertiary/aromatic N) is 1. The lowest BCUT2D eigenvalue weighted by atomic mass is 9.77. The second kappa shape index (κ2) is 4.64. The second-order valence-electron chi connectivity index (χ2n) is 5.76. The molecule has 1 heterocycles. The van der Waals surface area contributed by atoms with Crippen molar-refractivity contribution in [3.8, 4) is 0 Å². The van der Waals surface area contributed by atoms with Crippen LogP contribution in [-0.2, 0) is 4.74 Å². The van der Waals surface area contributed by atoms with Gasteiger partial charge in [-0.15, -0.1) is 0 Å². The van der Waals surface area contributed by atoms with Gasteiger partial charge < -0.3 is 9.84 Å². The van der Waals surface area contributed by atoms with Gasteiger partial charge in [-0.2, -0.15) is 0 Å². The zero-order valence-electron chi connectivity index (χ0n) is 11.4. The van der Waals surface area contributed by atoms with Crippen LogP contribution in [0.2, 0.25) is 5.02 Å². The summed E-state index contributed by atoms with van der Waals surface area (Å²) in [5, 5.41) is 11.6. The van der Waals surface area contributed by atoms with Gasteiger partial charge in [0, 0.05) is 5.02 Å². The molecule has 4 nitrogen and oxygen atoms in total. The van der Waals surface area contributed by atoms with Crippen LogP contribution < -0.4 is 4.90 Å². The molecule has 1 aliphatic carbocycles. The molecule has 0 aromatic heterocycles. The molecular formula is C15H18ClNO3. The molecule has 1 saturated carbocycles. The fraction of sp³-hybridized carbons (Fsp3) is 0.533. The predicted molar refractivity (Wildman–Crippen MR) is 76.9 cm³/mol. The first-order valence-corrected chi connectivity index (χ1v) is 7.35. The van der Waals surface area contributed by atoms with Crippen molar-refractivity contribution in [2.75, 3.05) is 4.90 Å². The van der Waals surface area contributed by atoms with E-state index >= 15 is 0 Å². The quantitative estimate of drug-likeness (QED) is 0.859. The molecule has 5 heteroatoms. The number of carbonyl (C=O) groups excluding carboxylic acids is 1. The van der Waals surface area contributed by atoms with Gasteiger partial charge in [0.25, 0.3) is 0 Å². The molecule has 1 amide bonds. The highest BCUT2D eigenvalue weighted by molar-refractivity contribution is 6.30. The van der Waals surface area contributed by atoms with Crippen molar-refractivity contribution in [1.82, 2.24) is 0 Å². The summed E-state index contributed by atoms with van der Waals surface area (Å²) < 4.78 is 5.61. The maximum absolute atomic E-state index is 12.3. The zero-order valence-corrected chi connectivity index (χ0v) is 12.2. The molecule has 20 heavy (non-hydrogen) atoms. The largest absolute Gasteiger partial charge is 0.437 e. The van der Waals surface area contributed by atoms with Gasteiger partial charge in [-0.25, -0.2) is 9.69 Å². The van der Waals surface area contributed by atoms with Gasteiger partial charge in [-0.05, 0) is 56.9 Å². The third-order valence-electron chi connectivity index (χ3n) is 4.51. The Bertz CT molecular complexity index is 520. The Morgan fingerprint density at radius 1 is 1.20 bits per heavy atom. The highest BCUT2D eigenvalue weighted by Crippen LogP contribution is 2.48. The van der Waals surface area contributed by atoms with Gasteiger partial charge >= 0.3 is 6.09 Å². The number of anilines is 1. The van der Waals surface area contributed by atoms with E-state index < -0.39 is 17.4 Å². The van der Waals surface area contributed by atoms with E-state index in [9.17, 15) is 9.90 Å². The van der Waals surface area contributed by atoms with Crippen LogP contribution in [0.25, 0.3) is 0 Å². The molecule has 108 valence electrons. The molecule has 0 bridgehead atoms. The average molecular weight is 296 g/mol. The van der Waals surface area contributed by atoms with Gasteiger partial charge in [0.1, 0.15) is 0 Å². The van der Waals surface area contributed by atoms with E-state index in [4.69, 9.17) is 16.3 Å². The Balaban J connectivity index is 1.99. The van der Waals surface area contributed by atoms with Gasteiger partial charge in [0.05, 0.1) is 5.69 Å². The lowest BCUT2D eigenvalue weighted by molar-refractivity contribution is -0.115. The van der Waals surface area contributed by atoms with Crippen LogP contribution in [0.5, 0.6) is 0 Å². The van der Waals surface area contributed by atoms with Crippen molar-refractivity contribution < 1.29 is 14.6 Å². The second-order valence-corrected chi connectivity index (χ2v) is 6.19. The Labute approximate surface area is 123 Å². The van der Waals surface area contributed by atoms with Crippen molar-refractivity contribution in [3.63, 3.8) is 0 Å². The maximum Gasteiger partial charge on any atom is 0.417 e. The highest BCUT2D eigenvalue weighted by atomic mass is 35.5. The number of halogens is 1. The molecule has 3 rings (SSSR count). The summed E-state index contributed by atoms with van der Waals surface area (Å²) in [6.45, 7) is 1.66. The molecule has 1 aromatic rings. The number of benzene rings is 1. The first-order chi connectivity index (χ1) is 9.46. The SMILES string of the molecule is C[C@@]1(O)N(c2ccc(Cl)cc2)C(=O)OC12CCCCC2. The van der Waals surface area contributed by atoms with E-state index in [0.29, 0.717) is 23.6 Å². The minimum absolute atomic E-state index is 0.487. The first-order valence-electron chi connectivity index (χ1n) is 6.97. The molecule has 2 aliphatic rings. The van der Waals surface area contributed by atoms with Crippen LogP contribution in [-0.4, -0.2) is 22.5 Å². The van der Waals surface area contributed by atoms with Gasteiger partial charge in [-0.3, -0.25) is 0 Å². The van der Waals surface area contributed by atoms with E-state index in [1.807, 2.05) is 0 Å². The van der Waals surface area contributed by atoms with Crippen molar-refractivity contribution in [3.05, 3.63) is 29.3 Å². The molecule has 1 saturated heterocycles. The van der Waals surface area contributed by atoms with E-state index in [2.05, 4.69) is 0 Å².